The third kappa shape index (κ3) is 3.29. The summed E-state index contributed by atoms with van der Waals surface area (Å²) < 4.78 is 5.39. The summed E-state index contributed by atoms with van der Waals surface area (Å²) in [5.41, 5.74) is 1.65. The number of benzene rings is 1. The van der Waals surface area contributed by atoms with Crippen molar-refractivity contribution in [2.24, 2.45) is 0 Å². The van der Waals surface area contributed by atoms with Crippen LogP contribution in [0.4, 0.5) is 0 Å². The summed E-state index contributed by atoms with van der Waals surface area (Å²) in [5, 5.41) is 18.3. The second kappa shape index (κ2) is 5.64. The monoisotopic (exact) mass is 235 g/mol. The molecular formula is C12H18BNO3. The van der Waals surface area contributed by atoms with E-state index >= 15 is 0 Å². The maximum Gasteiger partial charge on any atom is 0.488 e. The van der Waals surface area contributed by atoms with Crippen LogP contribution in [0.25, 0.3) is 0 Å². The third-order valence-electron chi connectivity index (χ3n) is 3.14. The predicted octanol–water partition coefficient (Wildman–Crippen LogP) is -0.413. The number of nitrogens with zero attached hydrogens (tertiary/aromatic N) is 1. The largest absolute Gasteiger partial charge is 0.488 e. The van der Waals surface area contributed by atoms with Crippen LogP contribution in [0.15, 0.2) is 24.3 Å². The molecule has 17 heavy (non-hydrogen) atoms. The van der Waals surface area contributed by atoms with Gasteiger partial charge in [0, 0.05) is 19.1 Å². The maximum atomic E-state index is 9.13. The standard InChI is InChI=1S/C12H18BNO3/c1-10-9-17-6-5-14(10)8-11-3-2-4-12(7-11)13(15)16/h2-4,7,10,15-16H,5-6,8-9H2,1H3. The van der Waals surface area contributed by atoms with Crippen molar-refractivity contribution in [1.82, 2.24) is 4.90 Å². The van der Waals surface area contributed by atoms with Crippen LogP contribution in [-0.2, 0) is 11.3 Å². The first-order valence-corrected chi connectivity index (χ1v) is 5.93. The topological polar surface area (TPSA) is 52.9 Å². The highest BCUT2D eigenvalue weighted by atomic mass is 16.5. The van der Waals surface area contributed by atoms with Crippen molar-refractivity contribution in [1.29, 1.82) is 0 Å². The Hall–Kier alpha value is -0.875. The molecule has 0 radical (unpaired) electrons. The van der Waals surface area contributed by atoms with Crippen LogP contribution < -0.4 is 5.46 Å². The molecule has 1 atom stereocenters. The number of hydrogen-bond acceptors (Lipinski definition) is 4. The molecule has 0 bridgehead atoms. The molecule has 0 amide bonds. The third-order valence-corrected chi connectivity index (χ3v) is 3.14. The van der Waals surface area contributed by atoms with Gasteiger partial charge < -0.3 is 14.8 Å². The van der Waals surface area contributed by atoms with Crippen LogP contribution >= 0.6 is 0 Å². The molecule has 5 heteroatoms. The molecule has 0 aromatic heterocycles. The molecule has 2 rings (SSSR count). The van der Waals surface area contributed by atoms with Crippen molar-refractivity contribution in [3.05, 3.63) is 29.8 Å². The van der Waals surface area contributed by atoms with E-state index in [1.54, 1.807) is 6.07 Å². The highest BCUT2D eigenvalue weighted by Gasteiger charge is 2.19. The molecule has 1 unspecified atom stereocenters. The summed E-state index contributed by atoms with van der Waals surface area (Å²) in [6, 6.07) is 7.83. The van der Waals surface area contributed by atoms with Crippen molar-refractivity contribution in [2.75, 3.05) is 19.8 Å². The molecular weight excluding hydrogens is 217 g/mol. The second-order valence-corrected chi connectivity index (χ2v) is 4.51. The highest BCUT2D eigenvalue weighted by molar-refractivity contribution is 6.58. The van der Waals surface area contributed by atoms with E-state index in [0.717, 1.165) is 31.9 Å². The molecule has 1 aliphatic rings. The summed E-state index contributed by atoms with van der Waals surface area (Å²) in [5.74, 6) is 0. The minimum atomic E-state index is -1.39. The molecule has 0 saturated carbocycles. The molecule has 92 valence electrons. The van der Waals surface area contributed by atoms with Gasteiger partial charge in [-0.1, -0.05) is 24.3 Å². The molecule has 0 spiro atoms. The zero-order chi connectivity index (χ0) is 12.3. The predicted molar refractivity (Wildman–Crippen MR) is 67.0 cm³/mol. The minimum absolute atomic E-state index is 0.409. The molecule has 1 saturated heterocycles. The summed E-state index contributed by atoms with van der Waals surface area (Å²) in [4.78, 5) is 2.34. The van der Waals surface area contributed by atoms with Crippen LogP contribution in [0.2, 0.25) is 0 Å². The van der Waals surface area contributed by atoms with E-state index in [1.165, 1.54) is 0 Å². The fourth-order valence-corrected chi connectivity index (χ4v) is 2.08. The van der Waals surface area contributed by atoms with Gasteiger partial charge in [0.25, 0.3) is 0 Å². The Kier molecular flexibility index (Phi) is 4.18. The van der Waals surface area contributed by atoms with Gasteiger partial charge in [-0.05, 0) is 17.9 Å². The average molecular weight is 235 g/mol. The summed E-state index contributed by atoms with van der Waals surface area (Å²) in [6.45, 7) is 5.43. The Labute approximate surface area is 102 Å². The van der Waals surface area contributed by atoms with Crippen molar-refractivity contribution in [2.45, 2.75) is 19.5 Å². The van der Waals surface area contributed by atoms with E-state index in [9.17, 15) is 0 Å². The van der Waals surface area contributed by atoms with E-state index in [-0.39, 0.29) is 0 Å². The van der Waals surface area contributed by atoms with Gasteiger partial charge in [-0.15, -0.1) is 0 Å². The molecule has 1 heterocycles. The molecule has 0 aliphatic carbocycles. The lowest BCUT2D eigenvalue weighted by atomic mass is 9.79. The Balaban J connectivity index is 2.04. The van der Waals surface area contributed by atoms with E-state index in [0.29, 0.717) is 11.5 Å². The first-order chi connectivity index (χ1) is 8.16. The van der Waals surface area contributed by atoms with Gasteiger partial charge in [0.05, 0.1) is 13.2 Å². The van der Waals surface area contributed by atoms with Gasteiger partial charge in [-0.3, -0.25) is 4.90 Å². The lowest BCUT2D eigenvalue weighted by Gasteiger charge is -2.33. The van der Waals surface area contributed by atoms with Gasteiger partial charge >= 0.3 is 7.12 Å². The Bertz CT molecular complexity index is 373. The van der Waals surface area contributed by atoms with E-state index in [2.05, 4.69) is 11.8 Å². The SMILES string of the molecule is CC1COCCN1Cc1cccc(B(O)O)c1. The first kappa shape index (κ1) is 12.6. The number of rotatable bonds is 3. The van der Waals surface area contributed by atoms with Gasteiger partial charge in [0.2, 0.25) is 0 Å². The molecule has 1 aromatic rings. The smallest absolute Gasteiger partial charge is 0.423 e. The minimum Gasteiger partial charge on any atom is -0.423 e. The van der Waals surface area contributed by atoms with Crippen LogP contribution in [0.5, 0.6) is 0 Å². The average Bonchev–Trinajstić information content (AvgIpc) is 2.32. The van der Waals surface area contributed by atoms with Crippen LogP contribution in [0.3, 0.4) is 0 Å². The highest BCUT2D eigenvalue weighted by Crippen LogP contribution is 2.11. The molecule has 2 N–H and O–H groups in total. The number of ether oxygens (including phenoxy) is 1. The van der Waals surface area contributed by atoms with E-state index in [1.807, 2.05) is 18.2 Å². The van der Waals surface area contributed by atoms with Crippen LogP contribution in [0.1, 0.15) is 12.5 Å². The van der Waals surface area contributed by atoms with Crippen LogP contribution in [-0.4, -0.2) is 47.9 Å². The fraction of sp³-hybridized carbons (Fsp3) is 0.500. The first-order valence-electron chi connectivity index (χ1n) is 5.93. The Morgan fingerprint density at radius 1 is 1.47 bits per heavy atom. The van der Waals surface area contributed by atoms with Gasteiger partial charge in [-0.2, -0.15) is 0 Å². The van der Waals surface area contributed by atoms with Gasteiger partial charge in [0.15, 0.2) is 0 Å². The number of morpholine rings is 1. The quantitative estimate of drug-likeness (QED) is 0.699. The number of hydrogen-bond donors (Lipinski definition) is 2. The summed E-state index contributed by atoms with van der Waals surface area (Å²) in [7, 11) is -1.39. The Morgan fingerprint density at radius 2 is 2.29 bits per heavy atom. The fourth-order valence-electron chi connectivity index (χ4n) is 2.08. The second-order valence-electron chi connectivity index (χ2n) is 4.51. The lowest BCUT2D eigenvalue weighted by molar-refractivity contribution is -0.00436. The van der Waals surface area contributed by atoms with Crippen molar-refractivity contribution in [3.63, 3.8) is 0 Å². The molecule has 1 aromatic carbocycles. The molecule has 1 fully saturated rings. The summed E-state index contributed by atoms with van der Waals surface area (Å²) in [6.07, 6.45) is 0. The zero-order valence-electron chi connectivity index (χ0n) is 10.0. The summed E-state index contributed by atoms with van der Waals surface area (Å²) >= 11 is 0. The molecule has 1 aliphatic heterocycles. The normalized spacial score (nSPS) is 21.5. The van der Waals surface area contributed by atoms with E-state index < -0.39 is 7.12 Å². The van der Waals surface area contributed by atoms with Crippen molar-refractivity contribution >= 4 is 12.6 Å². The lowest BCUT2D eigenvalue weighted by Crippen LogP contribution is -2.43. The Morgan fingerprint density at radius 3 is 3.00 bits per heavy atom. The van der Waals surface area contributed by atoms with E-state index in [4.69, 9.17) is 14.8 Å². The maximum absolute atomic E-state index is 9.13. The molecule has 4 nitrogen and oxygen atoms in total. The van der Waals surface area contributed by atoms with Crippen molar-refractivity contribution < 1.29 is 14.8 Å². The van der Waals surface area contributed by atoms with Gasteiger partial charge in [0.1, 0.15) is 0 Å². The van der Waals surface area contributed by atoms with Gasteiger partial charge in [-0.25, -0.2) is 0 Å². The van der Waals surface area contributed by atoms with Crippen molar-refractivity contribution in [3.8, 4) is 0 Å². The van der Waals surface area contributed by atoms with Crippen LogP contribution in [0, 0.1) is 0 Å². The zero-order valence-corrected chi connectivity index (χ0v) is 10.0.